The highest BCUT2D eigenvalue weighted by molar-refractivity contribution is 5.46. The highest BCUT2D eigenvalue weighted by Crippen LogP contribution is 2.40. The minimum Gasteiger partial charge on any atom is -0.493 e. The van der Waals surface area contributed by atoms with E-state index in [2.05, 4.69) is 6.07 Å². The van der Waals surface area contributed by atoms with Crippen molar-refractivity contribution in [1.82, 2.24) is 0 Å². The zero-order chi connectivity index (χ0) is 13.2. The molecule has 1 aliphatic rings. The fourth-order valence-corrected chi connectivity index (χ4v) is 2.53. The molecule has 1 heterocycles. The Hall–Kier alpha value is -1.26. The van der Waals surface area contributed by atoms with Gasteiger partial charge >= 0.3 is 0 Å². The molecule has 4 nitrogen and oxygen atoms in total. The van der Waals surface area contributed by atoms with E-state index >= 15 is 0 Å². The average Bonchev–Trinajstić information content (AvgIpc) is 2.32. The van der Waals surface area contributed by atoms with Crippen molar-refractivity contribution in [1.29, 1.82) is 0 Å². The van der Waals surface area contributed by atoms with Gasteiger partial charge in [0.2, 0.25) is 0 Å². The van der Waals surface area contributed by atoms with E-state index in [1.807, 2.05) is 19.1 Å². The summed E-state index contributed by atoms with van der Waals surface area (Å²) in [5, 5.41) is 0. The molecular formula is C14H21NO3. The summed E-state index contributed by atoms with van der Waals surface area (Å²) in [5.41, 5.74) is 7.19. The van der Waals surface area contributed by atoms with Crippen molar-refractivity contribution in [2.45, 2.75) is 24.8 Å². The third-order valence-corrected chi connectivity index (χ3v) is 3.47. The topological polar surface area (TPSA) is 53.7 Å². The van der Waals surface area contributed by atoms with Crippen molar-refractivity contribution in [2.75, 3.05) is 27.4 Å². The lowest BCUT2D eigenvalue weighted by molar-refractivity contribution is -0.0666. The van der Waals surface area contributed by atoms with Crippen LogP contribution >= 0.6 is 0 Å². The van der Waals surface area contributed by atoms with Crippen molar-refractivity contribution >= 4 is 0 Å². The second-order valence-corrected chi connectivity index (χ2v) is 5.02. The monoisotopic (exact) mass is 251 g/mol. The Morgan fingerprint density at radius 3 is 2.39 bits per heavy atom. The van der Waals surface area contributed by atoms with E-state index in [1.54, 1.807) is 14.2 Å². The Balaban J connectivity index is 2.31. The van der Waals surface area contributed by atoms with Crippen LogP contribution in [-0.4, -0.2) is 33.5 Å². The molecule has 1 fully saturated rings. The standard InChI is InChI=1S/C14H21NO3/c1-10(15)7-14(8-18-9-14)11-4-5-12(16-2)13(6-11)17-3/h4-6,10H,7-9,15H2,1-3H3. The van der Waals surface area contributed by atoms with E-state index in [1.165, 1.54) is 5.56 Å². The van der Waals surface area contributed by atoms with Gasteiger partial charge in [-0.3, -0.25) is 0 Å². The lowest BCUT2D eigenvalue weighted by Crippen LogP contribution is -2.49. The number of ether oxygens (including phenoxy) is 3. The molecular weight excluding hydrogens is 230 g/mol. The molecule has 0 saturated carbocycles. The first-order chi connectivity index (χ1) is 8.61. The van der Waals surface area contributed by atoms with Gasteiger partial charge in [-0.25, -0.2) is 0 Å². The Labute approximate surface area is 108 Å². The van der Waals surface area contributed by atoms with E-state index in [0.717, 1.165) is 31.1 Å². The Morgan fingerprint density at radius 1 is 1.28 bits per heavy atom. The highest BCUT2D eigenvalue weighted by Gasteiger charge is 2.41. The quantitative estimate of drug-likeness (QED) is 0.865. The molecule has 18 heavy (non-hydrogen) atoms. The summed E-state index contributed by atoms with van der Waals surface area (Å²) in [6, 6.07) is 6.20. The van der Waals surface area contributed by atoms with E-state index in [-0.39, 0.29) is 11.5 Å². The van der Waals surface area contributed by atoms with Gasteiger partial charge in [0.15, 0.2) is 11.5 Å². The molecule has 2 N–H and O–H groups in total. The minimum absolute atomic E-state index is 0.0354. The molecule has 1 aromatic rings. The van der Waals surface area contributed by atoms with Gasteiger partial charge in [-0.1, -0.05) is 6.07 Å². The summed E-state index contributed by atoms with van der Waals surface area (Å²) in [6.07, 6.45) is 0.919. The Kier molecular flexibility index (Phi) is 3.78. The lowest BCUT2D eigenvalue weighted by Gasteiger charge is -2.43. The SMILES string of the molecule is COc1ccc(C2(CC(C)N)COC2)cc1OC. The molecule has 0 radical (unpaired) electrons. The number of hydrogen-bond acceptors (Lipinski definition) is 4. The molecule has 1 aliphatic heterocycles. The molecule has 1 unspecified atom stereocenters. The van der Waals surface area contributed by atoms with Crippen molar-refractivity contribution in [3.8, 4) is 11.5 Å². The van der Waals surface area contributed by atoms with Crippen LogP contribution in [0.1, 0.15) is 18.9 Å². The number of benzene rings is 1. The second-order valence-electron chi connectivity index (χ2n) is 5.02. The van der Waals surface area contributed by atoms with Crippen LogP contribution in [0, 0.1) is 0 Å². The van der Waals surface area contributed by atoms with E-state index in [0.29, 0.717) is 0 Å². The second kappa shape index (κ2) is 5.16. The van der Waals surface area contributed by atoms with E-state index in [4.69, 9.17) is 19.9 Å². The fourth-order valence-electron chi connectivity index (χ4n) is 2.53. The summed E-state index contributed by atoms with van der Waals surface area (Å²) in [4.78, 5) is 0. The van der Waals surface area contributed by atoms with Crippen LogP contribution in [0.2, 0.25) is 0 Å². The lowest BCUT2D eigenvalue weighted by atomic mass is 9.74. The van der Waals surface area contributed by atoms with Crippen LogP contribution in [0.3, 0.4) is 0 Å². The summed E-state index contributed by atoms with van der Waals surface area (Å²) in [5.74, 6) is 1.50. The van der Waals surface area contributed by atoms with Crippen molar-refractivity contribution in [3.63, 3.8) is 0 Å². The molecule has 100 valence electrons. The van der Waals surface area contributed by atoms with E-state index in [9.17, 15) is 0 Å². The first-order valence-electron chi connectivity index (χ1n) is 6.17. The van der Waals surface area contributed by atoms with Crippen LogP contribution in [0.5, 0.6) is 11.5 Å². The molecule has 0 spiro atoms. The van der Waals surface area contributed by atoms with Crippen molar-refractivity contribution in [2.24, 2.45) is 5.73 Å². The first-order valence-corrected chi connectivity index (χ1v) is 6.17. The van der Waals surface area contributed by atoms with Gasteiger partial charge in [-0.05, 0) is 31.0 Å². The molecule has 0 amide bonds. The van der Waals surface area contributed by atoms with Crippen LogP contribution in [-0.2, 0) is 10.2 Å². The van der Waals surface area contributed by atoms with Gasteiger partial charge in [0, 0.05) is 11.5 Å². The van der Waals surface area contributed by atoms with Crippen molar-refractivity contribution < 1.29 is 14.2 Å². The van der Waals surface area contributed by atoms with Gasteiger partial charge in [0.05, 0.1) is 27.4 Å². The first kappa shape index (κ1) is 13.2. The zero-order valence-corrected chi connectivity index (χ0v) is 11.2. The number of methoxy groups -OCH3 is 2. The Morgan fingerprint density at radius 2 is 1.94 bits per heavy atom. The maximum atomic E-state index is 5.94. The maximum Gasteiger partial charge on any atom is 0.161 e. The molecule has 1 aromatic carbocycles. The summed E-state index contributed by atoms with van der Waals surface area (Å²) in [7, 11) is 3.29. The molecule has 0 aliphatic carbocycles. The van der Waals surface area contributed by atoms with Crippen LogP contribution in [0.15, 0.2) is 18.2 Å². The maximum absolute atomic E-state index is 5.94. The summed E-state index contributed by atoms with van der Waals surface area (Å²) >= 11 is 0. The zero-order valence-electron chi connectivity index (χ0n) is 11.2. The van der Waals surface area contributed by atoms with Gasteiger partial charge in [-0.2, -0.15) is 0 Å². The van der Waals surface area contributed by atoms with Crippen LogP contribution < -0.4 is 15.2 Å². The van der Waals surface area contributed by atoms with Crippen LogP contribution in [0.25, 0.3) is 0 Å². The molecule has 1 saturated heterocycles. The largest absolute Gasteiger partial charge is 0.493 e. The third kappa shape index (κ3) is 2.31. The number of nitrogens with two attached hydrogens (primary N) is 1. The minimum atomic E-state index is 0.0354. The van der Waals surface area contributed by atoms with Gasteiger partial charge in [-0.15, -0.1) is 0 Å². The van der Waals surface area contributed by atoms with Crippen molar-refractivity contribution in [3.05, 3.63) is 23.8 Å². The number of rotatable bonds is 5. The smallest absolute Gasteiger partial charge is 0.161 e. The highest BCUT2D eigenvalue weighted by atomic mass is 16.5. The van der Waals surface area contributed by atoms with Gasteiger partial charge in [0.25, 0.3) is 0 Å². The predicted octanol–water partition coefficient (Wildman–Crippen LogP) is 1.71. The number of hydrogen-bond donors (Lipinski definition) is 1. The third-order valence-electron chi connectivity index (χ3n) is 3.47. The molecule has 2 rings (SSSR count). The van der Waals surface area contributed by atoms with Gasteiger partial charge in [0.1, 0.15) is 0 Å². The summed E-state index contributed by atoms with van der Waals surface area (Å²) < 4.78 is 16.0. The van der Waals surface area contributed by atoms with Crippen LogP contribution in [0.4, 0.5) is 0 Å². The predicted molar refractivity (Wildman–Crippen MR) is 70.3 cm³/mol. The molecule has 1 atom stereocenters. The molecule has 4 heteroatoms. The average molecular weight is 251 g/mol. The summed E-state index contributed by atoms with van der Waals surface area (Å²) in [6.45, 7) is 3.48. The fraction of sp³-hybridized carbons (Fsp3) is 0.571. The van der Waals surface area contributed by atoms with Gasteiger partial charge < -0.3 is 19.9 Å². The van der Waals surface area contributed by atoms with E-state index < -0.39 is 0 Å². The normalized spacial score (nSPS) is 18.9. The Bertz CT molecular complexity index is 414. The molecule has 0 bridgehead atoms. The molecule has 0 aromatic heterocycles.